The minimum Gasteiger partial charge on any atom is -0.481 e. The highest BCUT2D eigenvalue weighted by Crippen LogP contribution is 2.24. The quantitative estimate of drug-likeness (QED) is 0.850. The fourth-order valence-electron chi connectivity index (χ4n) is 1.99. The second-order valence-electron chi connectivity index (χ2n) is 5.12. The first-order valence-corrected chi connectivity index (χ1v) is 7.62. The van der Waals surface area contributed by atoms with Crippen LogP contribution in [0.1, 0.15) is 18.1 Å². The molecule has 0 saturated heterocycles. The largest absolute Gasteiger partial charge is 0.481 e. The van der Waals surface area contributed by atoms with Crippen LogP contribution < -0.4 is 10.1 Å². The molecule has 0 fully saturated rings. The lowest BCUT2D eigenvalue weighted by Gasteiger charge is -2.17. The molecule has 0 radical (unpaired) electrons. The molecule has 1 N–H and O–H groups in total. The lowest BCUT2D eigenvalue weighted by molar-refractivity contribution is -0.122. The third-order valence-corrected chi connectivity index (χ3v) is 3.73. The Morgan fingerprint density at radius 3 is 2.23 bits per heavy atom. The van der Waals surface area contributed by atoms with Crippen molar-refractivity contribution in [1.82, 2.24) is 0 Å². The molecule has 0 aromatic heterocycles. The number of amides is 1. The summed E-state index contributed by atoms with van der Waals surface area (Å²) in [7, 11) is 0. The fraction of sp³-hybridized carbons (Fsp3) is 0.235. The monoisotopic (exact) mass is 337 g/mol. The number of nitrogens with one attached hydrogen (secondary N) is 1. The van der Waals surface area contributed by atoms with Crippen molar-refractivity contribution in [2.24, 2.45) is 0 Å². The molecule has 22 heavy (non-hydrogen) atoms. The number of benzene rings is 2. The average Bonchev–Trinajstić information content (AvgIpc) is 2.44. The maximum Gasteiger partial charge on any atom is 0.265 e. The van der Waals surface area contributed by atoms with E-state index in [0.717, 1.165) is 16.8 Å². The Morgan fingerprint density at radius 1 is 1.05 bits per heavy atom. The molecule has 1 amide bonds. The Labute approximate surface area is 140 Å². The van der Waals surface area contributed by atoms with Crippen LogP contribution in [-0.4, -0.2) is 12.0 Å². The predicted octanol–water partition coefficient (Wildman–Crippen LogP) is 5.02. The van der Waals surface area contributed by atoms with E-state index in [4.69, 9.17) is 27.9 Å². The molecule has 1 unspecified atom stereocenters. The molecule has 5 heteroatoms. The van der Waals surface area contributed by atoms with Gasteiger partial charge in [-0.25, -0.2) is 0 Å². The van der Waals surface area contributed by atoms with Crippen LogP contribution >= 0.6 is 23.2 Å². The summed E-state index contributed by atoms with van der Waals surface area (Å²) in [6.45, 7) is 5.47. The normalized spacial score (nSPS) is 11.9. The SMILES string of the molecule is Cc1cc(Cl)ccc1NC(=O)C(C)Oc1ccc(Cl)cc1C. The molecule has 0 aliphatic carbocycles. The first kappa shape index (κ1) is 16.7. The van der Waals surface area contributed by atoms with E-state index < -0.39 is 6.10 Å². The van der Waals surface area contributed by atoms with Gasteiger partial charge in [0.25, 0.3) is 5.91 Å². The maximum absolute atomic E-state index is 12.2. The lowest BCUT2D eigenvalue weighted by atomic mass is 10.2. The van der Waals surface area contributed by atoms with Crippen molar-refractivity contribution in [3.63, 3.8) is 0 Å². The molecule has 2 aromatic carbocycles. The van der Waals surface area contributed by atoms with Crippen molar-refractivity contribution in [1.29, 1.82) is 0 Å². The zero-order valence-corrected chi connectivity index (χ0v) is 14.1. The highest BCUT2D eigenvalue weighted by atomic mass is 35.5. The number of carbonyl (C=O) groups is 1. The first-order valence-electron chi connectivity index (χ1n) is 6.86. The van der Waals surface area contributed by atoms with E-state index in [0.29, 0.717) is 15.8 Å². The zero-order chi connectivity index (χ0) is 16.3. The van der Waals surface area contributed by atoms with Crippen molar-refractivity contribution >= 4 is 34.8 Å². The molecule has 116 valence electrons. The van der Waals surface area contributed by atoms with Gasteiger partial charge in [0, 0.05) is 15.7 Å². The molecule has 2 rings (SSSR count). The van der Waals surface area contributed by atoms with Gasteiger partial charge in [0.15, 0.2) is 6.10 Å². The zero-order valence-electron chi connectivity index (χ0n) is 12.6. The number of carbonyl (C=O) groups excluding carboxylic acids is 1. The Kier molecular flexibility index (Phi) is 5.33. The van der Waals surface area contributed by atoms with Gasteiger partial charge in [-0.2, -0.15) is 0 Å². The minimum atomic E-state index is -0.630. The van der Waals surface area contributed by atoms with E-state index in [1.54, 1.807) is 43.3 Å². The summed E-state index contributed by atoms with van der Waals surface area (Å²) in [5, 5.41) is 4.11. The number of halogens is 2. The van der Waals surface area contributed by atoms with Crippen LogP contribution in [-0.2, 0) is 4.79 Å². The maximum atomic E-state index is 12.2. The number of ether oxygens (including phenoxy) is 1. The number of anilines is 1. The molecular weight excluding hydrogens is 321 g/mol. The number of hydrogen-bond donors (Lipinski definition) is 1. The van der Waals surface area contributed by atoms with Crippen LogP contribution in [0.4, 0.5) is 5.69 Å². The van der Waals surface area contributed by atoms with Gasteiger partial charge in [-0.15, -0.1) is 0 Å². The molecule has 0 bridgehead atoms. The van der Waals surface area contributed by atoms with Gasteiger partial charge in [0.05, 0.1) is 0 Å². The standard InChI is InChI=1S/C17H17Cl2NO2/c1-10-8-13(18)4-6-15(10)20-17(21)12(3)22-16-7-5-14(19)9-11(16)2/h4-9,12H,1-3H3,(H,20,21). The molecule has 0 aliphatic rings. The number of aryl methyl sites for hydroxylation is 2. The van der Waals surface area contributed by atoms with Crippen molar-refractivity contribution in [3.05, 3.63) is 57.6 Å². The van der Waals surface area contributed by atoms with Gasteiger partial charge in [-0.1, -0.05) is 23.2 Å². The lowest BCUT2D eigenvalue weighted by Crippen LogP contribution is -2.30. The highest BCUT2D eigenvalue weighted by molar-refractivity contribution is 6.31. The Bertz CT molecular complexity index is 701. The van der Waals surface area contributed by atoms with Crippen LogP contribution in [0.3, 0.4) is 0 Å². The van der Waals surface area contributed by atoms with E-state index in [2.05, 4.69) is 5.32 Å². The van der Waals surface area contributed by atoms with Gasteiger partial charge in [0.1, 0.15) is 5.75 Å². The van der Waals surface area contributed by atoms with Gasteiger partial charge >= 0.3 is 0 Å². The molecule has 1 atom stereocenters. The molecule has 0 saturated carbocycles. The van der Waals surface area contributed by atoms with E-state index in [9.17, 15) is 4.79 Å². The smallest absolute Gasteiger partial charge is 0.265 e. The van der Waals surface area contributed by atoms with Crippen molar-refractivity contribution in [3.8, 4) is 5.75 Å². The third kappa shape index (κ3) is 4.15. The van der Waals surface area contributed by atoms with Crippen LogP contribution in [0.25, 0.3) is 0 Å². The van der Waals surface area contributed by atoms with E-state index in [-0.39, 0.29) is 5.91 Å². The number of hydrogen-bond acceptors (Lipinski definition) is 2. The molecule has 0 heterocycles. The molecule has 0 spiro atoms. The van der Waals surface area contributed by atoms with Gasteiger partial charge in [0.2, 0.25) is 0 Å². The second kappa shape index (κ2) is 7.03. The second-order valence-corrected chi connectivity index (χ2v) is 5.99. The average molecular weight is 338 g/mol. The molecule has 2 aromatic rings. The van der Waals surface area contributed by atoms with E-state index in [1.807, 2.05) is 13.8 Å². The fourth-order valence-corrected chi connectivity index (χ4v) is 2.44. The molecule has 3 nitrogen and oxygen atoms in total. The van der Waals surface area contributed by atoms with Gasteiger partial charge < -0.3 is 10.1 Å². The van der Waals surface area contributed by atoms with Gasteiger partial charge in [-0.05, 0) is 68.3 Å². The van der Waals surface area contributed by atoms with E-state index in [1.165, 1.54) is 0 Å². The summed E-state index contributed by atoms with van der Waals surface area (Å²) in [5.41, 5.74) is 2.50. The van der Waals surface area contributed by atoms with Crippen LogP contribution in [0.5, 0.6) is 5.75 Å². The summed E-state index contributed by atoms with van der Waals surface area (Å²) >= 11 is 11.8. The van der Waals surface area contributed by atoms with Crippen LogP contribution in [0.15, 0.2) is 36.4 Å². The van der Waals surface area contributed by atoms with Gasteiger partial charge in [-0.3, -0.25) is 4.79 Å². The minimum absolute atomic E-state index is 0.222. The van der Waals surface area contributed by atoms with Crippen molar-refractivity contribution in [2.45, 2.75) is 26.9 Å². The Hall–Kier alpha value is -1.71. The van der Waals surface area contributed by atoms with Crippen LogP contribution in [0.2, 0.25) is 10.0 Å². The summed E-state index contributed by atoms with van der Waals surface area (Å²) in [6, 6.07) is 10.6. The molecular formula is C17H17Cl2NO2. The van der Waals surface area contributed by atoms with Crippen molar-refractivity contribution in [2.75, 3.05) is 5.32 Å². The summed E-state index contributed by atoms with van der Waals surface area (Å²) in [6.07, 6.45) is -0.630. The van der Waals surface area contributed by atoms with Crippen LogP contribution in [0, 0.1) is 13.8 Å². The topological polar surface area (TPSA) is 38.3 Å². The number of rotatable bonds is 4. The summed E-state index contributed by atoms with van der Waals surface area (Å²) in [5.74, 6) is 0.416. The first-order chi connectivity index (χ1) is 10.4. The molecule has 0 aliphatic heterocycles. The summed E-state index contributed by atoms with van der Waals surface area (Å²) < 4.78 is 5.70. The third-order valence-electron chi connectivity index (χ3n) is 3.26. The van der Waals surface area contributed by atoms with Crippen molar-refractivity contribution < 1.29 is 9.53 Å². The highest BCUT2D eigenvalue weighted by Gasteiger charge is 2.16. The predicted molar refractivity (Wildman–Crippen MR) is 91.1 cm³/mol. The Balaban J connectivity index is 2.05. The summed E-state index contributed by atoms with van der Waals surface area (Å²) in [4.78, 5) is 12.2. The van der Waals surface area contributed by atoms with E-state index >= 15 is 0 Å². The Morgan fingerprint density at radius 2 is 1.64 bits per heavy atom.